The van der Waals surface area contributed by atoms with Gasteiger partial charge in [0.1, 0.15) is 0 Å². The second kappa shape index (κ2) is 5.54. The van der Waals surface area contributed by atoms with E-state index in [1.807, 2.05) is 43.3 Å². The number of hydrogen-bond donors (Lipinski definition) is 1. The van der Waals surface area contributed by atoms with E-state index in [0.717, 1.165) is 23.1 Å². The van der Waals surface area contributed by atoms with Crippen LogP contribution in [-0.4, -0.2) is 5.54 Å². The predicted octanol–water partition coefficient (Wildman–Crippen LogP) is 4.75. The largest absolute Gasteiger partial charge is 0.325 e. The zero-order chi connectivity index (χ0) is 14.0. The number of benzene rings is 2. The van der Waals surface area contributed by atoms with Crippen LogP contribution in [-0.2, 0) is 6.42 Å². The van der Waals surface area contributed by atoms with E-state index in [0.29, 0.717) is 10.0 Å². The molecule has 1 radical (unpaired) electrons. The topological polar surface area (TPSA) is 26.0 Å². The van der Waals surface area contributed by atoms with Gasteiger partial charge in [-0.15, -0.1) is 0 Å². The van der Waals surface area contributed by atoms with E-state index in [4.69, 9.17) is 28.9 Å². The van der Waals surface area contributed by atoms with Crippen LogP contribution >= 0.6 is 23.2 Å². The van der Waals surface area contributed by atoms with Crippen LogP contribution in [0.3, 0.4) is 0 Å². The number of nitrogens with two attached hydrogens (primary N) is 1. The highest BCUT2D eigenvalue weighted by atomic mass is 35.5. The quantitative estimate of drug-likeness (QED) is 0.868. The minimum absolute atomic E-state index is 0.449. The highest BCUT2D eigenvalue weighted by Gasteiger charge is 2.12. The molecule has 2 N–H and O–H groups in total. The van der Waals surface area contributed by atoms with Gasteiger partial charge in [0.05, 0.1) is 10.0 Å². The Hall–Kier alpha value is -1.02. The van der Waals surface area contributed by atoms with Gasteiger partial charge in [-0.2, -0.15) is 0 Å². The lowest BCUT2D eigenvalue weighted by Gasteiger charge is -2.18. The van der Waals surface area contributed by atoms with Crippen molar-refractivity contribution in [1.29, 1.82) is 0 Å². The van der Waals surface area contributed by atoms with Crippen molar-refractivity contribution in [3.63, 3.8) is 0 Å². The molecule has 2 aromatic rings. The maximum Gasteiger partial charge on any atom is 0.0670 e. The van der Waals surface area contributed by atoms with Crippen molar-refractivity contribution in [1.82, 2.24) is 0 Å². The minimum atomic E-state index is -0.449. The Balaban J connectivity index is 2.30. The Morgan fingerprint density at radius 1 is 1.11 bits per heavy atom. The van der Waals surface area contributed by atoms with E-state index in [1.165, 1.54) is 0 Å². The Bertz CT molecular complexity index is 568. The first kappa shape index (κ1) is 14.4. The molecular formula is C16H16Cl2N. The summed E-state index contributed by atoms with van der Waals surface area (Å²) in [6, 6.07) is 13.8. The van der Waals surface area contributed by atoms with Crippen molar-refractivity contribution in [3.8, 4) is 11.1 Å². The lowest BCUT2D eigenvalue weighted by atomic mass is 9.94. The van der Waals surface area contributed by atoms with E-state index in [1.54, 1.807) is 6.07 Å². The van der Waals surface area contributed by atoms with Crippen molar-refractivity contribution in [3.05, 3.63) is 65.0 Å². The first-order valence-electron chi connectivity index (χ1n) is 6.04. The summed E-state index contributed by atoms with van der Waals surface area (Å²) in [5, 5.41) is 1.15. The molecule has 0 amide bonds. The summed E-state index contributed by atoms with van der Waals surface area (Å²) in [6.07, 6.45) is 0.733. The van der Waals surface area contributed by atoms with Gasteiger partial charge < -0.3 is 5.73 Å². The van der Waals surface area contributed by atoms with Crippen molar-refractivity contribution in [2.24, 2.45) is 5.73 Å². The van der Waals surface area contributed by atoms with Crippen LogP contribution in [0, 0.1) is 6.92 Å². The highest BCUT2D eigenvalue weighted by Crippen LogP contribution is 2.33. The maximum absolute atomic E-state index is 6.21. The molecule has 0 bridgehead atoms. The summed E-state index contributed by atoms with van der Waals surface area (Å²) in [6.45, 7) is 5.82. The zero-order valence-corrected chi connectivity index (χ0v) is 12.3. The fourth-order valence-electron chi connectivity index (χ4n) is 2.00. The van der Waals surface area contributed by atoms with Crippen LogP contribution in [0.5, 0.6) is 0 Å². The monoisotopic (exact) mass is 292 g/mol. The first-order valence-corrected chi connectivity index (χ1v) is 6.80. The summed E-state index contributed by atoms with van der Waals surface area (Å²) in [7, 11) is 0. The summed E-state index contributed by atoms with van der Waals surface area (Å²) < 4.78 is 0. The van der Waals surface area contributed by atoms with Crippen LogP contribution < -0.4 is 5.73 Å². The van der Waals surface area contributed by atoms with Crippen molar-refractivity contribution >= 4 is 23.2 Å². The molecular weight excluding hydrogens is 277 g/mol. The second-order valence-electron chi connectivity index (χ2n) is 5.13. The van der Waals surface area contributed by atoms with Crippen LogP contribution in [0.15, 0.2) is 42.5 Å². The molecule has 19 heavy (non-hydrogen) atoms. The molecule has 99 valence electrons. The molecule has 2 rings (SSSR count). The molecule has 1 nitrogen and oxygen atoms in total. The summed E-state index contributed by atoms with van der Waals surface area (Å²) in [5.74, 6) is 0. The van der Waals surface area contributed by atoms with Gasteiger partial charge in [-0.3, -0.25) is 0 Å². The van der Waals surface area contributed by atoms with E-state index < -0.39 is 5.54 Å². The third-order valence-electron chi connectivity index (χ3n) is 2.82. The fraction of sp³-hybridized carbons (Fsp3) is 0.188. The molecule has 0 spiro atoms. The Kier molecular flexibility index (Phi) is 4.19. The van der Waals surface area contributed by atoms with Crippen molar-refractivity contribution < 1.29 is 0 Å². The molecule has 0 heterocycles. The lowest BCUT2D eigenvalue weighted by molar-refractivity contribution is 0.577. The van der Waals surface area contributed by atoms with E-state index in [-0.39, 0.29) is 0 Å². The molecule has 1 atom stereocenters. The molecule has 0 saturated heterocycles. The predicted molar refractivity (Wildman–Crippen MR) is 83.6 cm³/mol. The molecule has 0 aliphatic rings. The fourth-order valence-corrected chi connectivity index (χ4v) is 2.40. The van der Waals surface area contributed by atoms with E-state index in [9.17, 15) is 0 Å². The number of hydrogen-bond acceptors (Lipinski definition) is 1. The van der Waals surface area contributed by atoms with Gasteiger partial charge in [0.25, 0.3) is 0 Å². The molecule has 0 saturated carbocycles. The standard InChI is InChI=1S/C16H16Cl2N/c1-16(2,19)10-11-6-8-12(9-7-11)13-4-3-5-14(17)15(13)18/h3-9H,1,10,19H2,2H3. The van der Waals surface area contributed by atoms with Gasteiger partial charge in [0.15, 0.2) is 0 Å². The molecule has 1 unspecified atom stereocenters. The van der Waals surface area contributed by atoms with E-state index >= 15 is 0 Å². The van der Waals surface area contributed by atoms with Crippen LogP contribution in [0.25, 0.3) is 11.1 Å². The van der Waals surface area contributed by atoms with Crippen molar-refractivity contribution in [2.75, 3.05) is 0 Å². The highest BCUT2D eigenvalue weighted by molar-refractivity contribution is 6.43. The van der Waals surface area contributed by atoms with Crippen LogP contribution in [0.1, 0.15) is 12.5 Å². The van der Waals surface area contributed by atoms with E-state index in [2.05, 4.69) is 6.92 Å². The third kappa shape index (κ3) is 3.73. The van der Waals surface area contributed by atoms with Gasteiger partial charge in [-0.25, -0.2) is 0 Å². The van der Waals surface area contributed by atoms with Crippen molar-refractivity contribution in [2.45, 2.75) is 18.9 Å². The van der Waals surface area contributed by atoms with Gasteiger partial charge in [0, 0.05) is 11.1 Å². The summed E-state index contributed by atoms with van der Waals surface area (Å²) in [5.41, 5.74) is 8.59. The van der Waals surface area contributed by atoms with Gasteiger partial charge in [0.2, 0.25) is 0 Å². The van der Waals surface area contributed by atoms with Gasteiger partial charge in [-0.05, 0) is 37.5 Å². The SMILES string of the molecule is [CH2]C(C)(N)Cc1ccc(-c2cccc(Cl)c2Cl)cc1. The lowest BCUT2D eigenvalue weighted by Crippen LogP contribution is -2.34. The Labute approximate surface area is 124 Å². The average Bonchev–Trinajstić information content (AvgIpc) is 2.32. The zero-order valence-electron chi connectivity index (χ0n) is 10.8. The molecule has 3 heteroatoms. The number of rotatable bonds is 3. The molecule has 0 aliphatic heterocycles. The van der Waals surface area contributed by atoms with Gasteiger partial charge in [-0.1, -0.05) is 59.6 Å². The molecule has 0 aromatic heterocycles. The maximum atomic E-state index is 6.21. The van der Waals surface area contributed by atoms with Gasteiger partial charge >= 0.3 is 0 Å². The third-order valence-corrected chi connectivity index (χ3v) is 3.64. The first-order chi connectivity index (χ1) is 8.87. The number of halogens is 2. The molecule has 0 fully saturated rings. The molecule has 2 aromatic carbocycles. The minimum Gasteiger partial charge on any atom is -0.325 e. The van der Waals surface area contributed by atoms with Crippen LogP contribution in [0.4, 0.5) is 0 Å². The van der Waals surface area contributed by atoms with Crippen LogP contribution in [0.2, 0.25) is 10.0 Å². The average molecular weight is 293 g/mol. The smallest absolute Gasteiger partial charge is 0.0670 e. The normalized spacial score (nSPS) is 11.6. The summed E-state index contributed by atoms with van der Waals surface area (Å²) >= 11 is 12.2. The second-order valence-corrected chi connectivity index (χ2v) is 5.91. The summed E-state index contributed by atoms with van der Waals surface area (Å²) in [4.78, 5) is 0. The Morgan fingerprint density at radius 2 is 1.74 bits per heavy atom. The molecule has 0 aliphatic carbocycles. The Morgan fingerprint density at radius 3 is 2.32 bits per heavy atom.